The van der Waals surface area contributed by atoms with Gasteiger partial charge in [-0.3, -0.25) is 14.4 Å². The predicted molar refractivity (Wildman–Crippen MR) is 138 cm³/mol. The van der Waals surface area contributed by atoms with Crippen molar-refractivity contribution < 1.29 is 24.0 Å². The van der Waals surface area contributed by atoms with E-state index in [0.29, 0.717) is 10.8 Å². The molecule has 0 fully saturated rings. The molecule has 2 rings (SSSR count). The Balaban J connectivity index is 0.00000298. The molecule has 1 aliphatic heterocycles. The lowest BCUT2D eigenvalue weighted by Crippen LogP contribution is -2.50. The van der Waals surface area contributed by atoms with Gasteiger partial charge in [0.25, 0.3) is 11.8 Å². The van der Waals surface area contributed by atoms with Crippen molar-refractivity contribution in [3.05, 3.63) is 42.0 Å². The van der Waals surface area contributed by atoms with Crippen LogP contribution in [0, 0.1) is 21.7 Å². The average Bonchev–Trinajstić information content (AvgIpc) is 3.07. The van der Waals surface area contributed by atoms with Crippen molar-refractivity contribution >= 4 is 29.4 Å². The van der Waals surface area contributed by atoms with Crippen LogP contribution < -0.4 is 5.32 Å². The molecule has 0 radical (unpaired) electrons. The van der Waals surface area contributed by atoms with Gasteiger partial charge in [-0.1, -0.05) is 65.7 Å². The quantitative estimate of drug-likeness (QED) is 0.499. The minimum Gasteiger partial charge on any atom is -0.329 e. The van der Waals surface area contributed by atoms with Gasteiger partial charge in [0.1, 0.15) is 0 Å². The molecule has 1 aromatic carbocycles. The topological polar surface area (TPSA) is 92.8 Å². The minimum absolute atomic E-state index is 0.0950. The summed E-state index contributed by atoms with van der Waals surface area (Å²) in [6.45, 7) is 21.5. The number of nitrogens with zero attached hydrogens (tertiary/aromatic N) is 1. The molecular weight excluding hydrogens is 444 g/mol. The third-order valence-electron chi connectivity index (χ3n) is 7.47. The van der Waals surface area contributed by atoms with Crippen LogP contribution in [0.25, 0.3) is 0 Å². The monoisotopic (exact) mass is 486 g/mol. The number of rotatable bonds is 7. The molecule has 1 aliphatic rings. The molecule has 0 aliphatic carbocycles. The molecule has 1 heterocycles. The molecule has 35 heavy (non-hydrogen) atoms. The number of benzene rings is 1. The van der Waals surface area contributed by atoms with Crippen LogP contribution >= 0.6 is 0 Å². The molecular formula is C28H42N2O5. The Bertz CT molecular complexity index is 962. The maximum Gasteiger partial charge on any atom is 0.339 e. The summed E-state index contributed by atoms with van der Waals surface area (Å²) >= 11 is 0. The fraction of sp³-hybridized carbons (Fsp3) is 0.571. The highest BCUT2D eigenvalue weighted by Crippen LogP contribution is 2.42. The van der Waals surface area contributed by atoms with E-state index in [1.165, 1.54) is 5.56 Å². The molecule has 0 atom stereocenters. The van der Waals surface area contributed by atoms with Crippen molar-refractivity contribution in [2.75, 3.05) is 5.32 Å². The van der Waals surface area contributed by atoms with Crippen LogP contribution in [0.15, 0.2) is 36.4 Å². The highest BCUT2D eigenvalue weighted by Gasteiger charge is 2.51. The third-order valence-corrected chi connectivity index (χ3v) is 7.47. The maximum atomic E-state index is 13.1. The van der Waals surface area contributed by atoms with Gasteiger partial charge in [0, 0.05) is 17.8 Å². The van der Waals surface area contributed by atoms with Gasteiger partial charge < -0.3 is 10.2 Å². The molecule has 0 spiro atoms. The zero-order valence-electron chi connectivity index (χ0n) is 23.2. The summed E-state index contributed by atoms with van der Waals surface area (Å²) < 4.78 is 0. The zero-order valence-corrected chi connectivity index (χ0v) is 23.2. The Morgan fingerprint density at radius 2 is 1.26 bits per heavy atom. The number of carbonyl (C=O) groups excluding carboxylic acids is 4. The summed E-state index contributed by atoms with van der Waals surface area (Å²) in [6, 6.07) is 7.68. The average molecular weight is 487 g/mol. The number of anilines is 1. The fourth-order valence-corrected chi connectivity index (χ4v) is 2.98. The number of hydrogen-bond acceptors (Lipinski definition) is 5. The van der Waals surface area contributed by atoms with E-state index in [9.17, 15) is 19.2 Å². The predicted octanol–water partition coefficient (Wildman–Crippen LogP) is 5.70. The van der Waals surface area contributed by atoms with E-state index in [4.69, 9.17) is 4.84 Å². The molecule has 194 valence electrons. The summed E-state index contributed by atoms with van der Waals surface area (Å²) in [5.41, 5.74) is -0.525. The Morgan fingerprint density at radius 3 is 1.69 bits per heavy atom. The molecule has 0 bridgehead atoms. The van der Waals surface area contributed by atoms with Crippen LogP contribution in [0.4, 0.5) is 5.69 Å². The minimum atomic E-state index is -1.34. The molecule has 0 aromatic heterocycles. The second-order valence-corrected chi connectivity index (χ2v) is 11.4. The highest BCUT2D eigenvalue weighted by molar-refractivity contribution is 6.12. The van der Waals surface area contributed by atoms with E-state index in [1.54, 1.807) is 27.7 Å². The van der Waals surface area contributed by atoms with Gasteiger partial charge in [-0.15, -0.1) is 0 Å². The molecule has 1 N–H and O–H groups in total. The van der Waals surface area contributed by atoms with Crippen molar-refractivity contribution in [2.24, 2.45) is 21.7 Å². The van der Waals surface area contributed by atoms with Gasteiger partial charge >= 0.3 is 5.97 Å². The summed E-state index contributed by atoms with van der Waals surface area (Å²) in [5, 5.41) is 3.27. The number of hydrogen-bond donors (Lipinski definition) is 1. The molecule has 0 saturated carbocycles. The molecule has 0 unspecified atom stereocenters. The van der Waals surface area contributed by atoms with Crippen molar-refractivity contribution in [1.29, 1.82) is 0 Å². The van der Waals surface area contributed by atoms with E-state index in [1.807, 2.05) is 38.1 Å². The lowest BCUT2D eigenvalue weighted by Gasteiger charge is -2.39. The number of nitrogens with one attached hydrogen (secondary N) is 1. The van der Waals surface area contributed by atoms with Gasteiger partial charge in [-0.2, -0.15) is 0 Å². The largest absolute Gasteiger partial charge is 0.339 e. The number of carbonyl (C=O) groups is 4. The van der Waals surface area contributed by atoms with Crippen molar-refractivity contribution in [3.8, 4) is 0 Å². The lowest BCUT2D eigenvalue weighted by molar-refractivity contribution is -0.207. The third kappa shape index (κ3) is 6.59. The highest BCUT2D eigenvalue weighted by atomic mass is 16.7. The van der Waals surface area contributed by atoms with E-state index >= 15 is 0 Å². The van der Waals surface area contributed by atoms with Gasteiger partial charge in [-0.05, 0) is 62.6 Å². The van der Waals surface area contributed by atoms with Gasteiger partial charge in [-0.25, -0.2) is 4.79 Å². The van der Waals surface area contributed by atoms with Crippen LogP contribution in [0.5, 0.6) is 0 Å². The van der Waals surface area contributed by atoms with E-state index in [0.717, 1.165) is 18.6 Å². The maximum absolute atomic E-state index is 13.1. The number of amides is 3. The van der Waals surface area contributed by atoms with E-state index < -0.39 is 28.6 Å². The zero-order chi connectivity index (χ0) is 27.4. The molecule has 0 saturated heterocycles. The molecule has 1 aromatic rings. The van der Waals surface area contributed by atoms with Crippen LogP contribution in [0.2, 0.25) is 0 Å². The van der Waals surface area contributed by atoms with Crippen molar-refractivity contribution in [1.82, 2.24) is 5.06 Å². The normalized spacial score (nSPS) is 14.4. The number of imide groups is 1. The summed E-state index contributed by atoms with van der Waals surface area (Å²) in [6.07, 6.45) is 2.94. The smallest absolute Gasteiger partial charge is 0.329 e. The van der Waals surface area contributed by atoms with Gasteiger partial charge in [0.2, 0.25) is 5.91 Å². The van der Waals surface area contributed by atoms with Crippen molar-refractivity contribution in [2.45, 2.75) is 82.6 Å². The van der Waals surface area contributed by atoms with Crippen LogP contribution in [-0.4, -0.2) is 28.8 Å². The second kappa shape index (κ2) is 10.8. The first kappa shape index (κ1) is 30.1. The van der Waals surface area contributed by atoms with Crippen molar-refractivity contribution in [3.63, 3.8) is 0 Å². The molecule has 7 heteroatoms. The van der Waals surface area contributed by atoms with E-state index in [-0.39, 0.29) is 16.7 Å². The number of hydroxylamine groups is 2. The fourth-order valence-electron chi connectivity index (χ4n) is 2.98. The SMILES string of the molecule is CC.CC(C)(C)C(C)(C)Cc1ccc(NC(=O)C(C)(C)C(C)(C)C(=O)ON2C(=O)C=CC2=O)cc1. The Kier molecular flexibility index (Phi) is 9.24. The van der Waals surface area contributed by atoms with Crippen LogP contribution in [0.1, 0.15) is 81.7 Å². The molecule has 3 amide bonds. The summed E-state index contributed by atoms with van der Waals surface area (Å²) in [4.78, 5) is 54.4. The standard InChI is InChI=1S/C26H36N2O5.C2H6/c1-23(2,3)24(4,5)16-17-10-12-18(13-11-17)27-21(31)25(6,7)26(8,9)22(32)33-28-19(29)14-15-20(28)30;1-2/h10-15H,16H2,1-9H3,(H,27,31);1-2H3. The summed E-state index contributed by atoms with van der Waals surface area (Å²) in [7, 11) is 0. The molecule has 7 nitrogen and oxygen atoms in total. The van der Waals surface area contributed by atoms with Crippen LogP contribution in [-0.2, 0) is 30.4 Å². The van der Waals surface area contributed by atoms with Crippen LogP contribution in [0.3, 0.4) is 0 Å². The Hall–Kier alpha value is -2.96. The first-order chi connectivity index (χ1) is 15.9. The lowest BCUT2D eigenvalue weighted by atomic mass is 9.66. The first-order valence-electron chi connectivity index (χ1n) is 12.1. The Labute approximate surface area is 210 Å². The second-order valence-electron chi connectivity index (χ2n) is 11.4. The van der Waals surface area contributed by atoms with Gasteiger partial charge in [0.15, 0.2) is 0 Å². The Morgan fingerprint density at radius 1 is 0.800 bits per heavy atom. The summed E-state index contributed by atoms with van der Waals surface area (Å²) in [5.74, 6) is -2.71. The van der Waals surface area contributed by atoms with Gasteiger partial charge in [0.05, 0.1) is 10.8 Å². The van der Waals surface area contributed by atoms with E-state index in [2.05, 4.69) is 39.9 Å². The first-order valence-corrected chi connectivity index (χ1v) is 12.1.